The van der Waals surface area contributed by atoms with E-state index in [4.69, 9.17) is 4.74 Å². The molecule has 32 heavy (non-hydrogen) atoms. The molecule has 0 saturated carbocycles. The summed E-state index contributed by atoms with van der Waals surface area (Å²) in [6.07, 6.45) is 1.31. The van der Waals surface area contributed by atoms with Crippen molar-refractivity contribution in [2.75, 3.05) is 19.0 Å². The van der Waals surface area contributed by atoms with Crippen molar-refractivity contribution >= 4 is 17.9 Å². The van der Waals surface area contributed by atoms with Gasteiger partial charge in [-0.2, -0.15) is 0 Å². The number of benzene rings is 2. The molecule has 0 radical (unpaired) electrons. The minimum atomic E-state index is -1.07. The van der Waals surface area contributed by atoms with Crippen LogP contribution in [0.15, 0.2) is 42.5 Å². The van der Waals surface area contributed by atoms with Crippen LogP contribution in [0, 0.1) is 11.6 Å². The molecule has 1 aliphatic rings. The summed E-state index contributed by atoms with van der Waals surface area (Å²) in [6.45, 7) is 0.306. The van der Waals surface area contributed by atoms with Crippen molar-refractivity contribution in [3.05, 3.63) is 71.3 Å². The molecule has 1 aliphatic heterocycles. The molecule has 3 aromatic rings. The van der Waals surface area contributed by atoms with Gasteiger partial charge in [-0.25, -0.2) is 18.4 Å². The van der Waals surface area contributed by atoms with Crippen molar-refractivity contribution in [3.63, 3.8) is 0 Å². The van der Waals surface area contributed by atoms with E-state index < -0.39 is 23.6 Å². The van der Waals surface area contributed by atoms with E-state index in [2.05, 4.69) is 20.7 Å². The quantitative estimate of drug-likeness (QED) is 0.522. The minimum absolute atomic E-state index is 0.0401. The third kappa shape index (κ3) is 4.29. The average molecular weight is 441 g/mol. The van der Waals surface area contributed by atoms with Crippen LogP contribution in [-0.2, 0) is 11.3 Å². The molecule has 2 N–H and O–H groups in total. The molecule has 2 aromatic carbocycles. The fraction of sp³-hybridized carbons (Fsp3) is 0.273. The predicted octanol–water partition coefficient (Wildman–Crippen LogP) is 2.51. The van der Waals surface area contributed by atoms with Gasteiger partial charge >= 0.3 is 0 Å². The van der Waals surface area contributed by atoms with Crippen LogP contribution in [0.5, 0.6) is 5.75 Å². The molecule has 2 heterocycles. The fourth-order valence-electron chi connectivity index (χ4n) is 3.69. The summed E-state index contributed by atoms with van der Waals surface area (Å²) in [6, 6.07) is 10.5. The molecule has 0 aliphatic carbocycles. The number of halogens is 2. The number of carbonyl (C=O) groups excluding carboxylic acids is 2. The van der Waals surface area contributed by atoms with E-state index in [0.29, 0.717) is 24.7 Å². The van der Waals surface area contributed by atoms with Crippen LogP contribution in [-0.4, -0.2) is 46.7 Å². The summed E-state index contributed by atoms with van der Waals surface area (Å²) in [4.78, 5) is 28.4. The van der Waals surface area contributed by atoms with Crippen LogP contribution in [0.4, 0.5) is 14.5 Å². The summed E-state index contributed by atoms with van der Waals surface area (Å²) >= 11 is 0. The van der Waals surface area contributed by atoms with E-state index in [1.807, 2.05) is 30.3 Å². The lowest BCUT2D eigenvalue weighted by molar-refractivity contribution is -0.110. The van der Waals surface area contributed by atoms with Crippen molar-refractivity contribution < 1.29 is 23.1 Å². The lowest BCUT2D eigenvalue weighted by Gasteiger charge is -2.16. The maximum absolute atomic E-state index is 13.8. The molecular formula is C22H21F2N5O3. The third-order valence-electron chi connectivity index (χ3n) is 5.21. The van der Waals surface area contributed by atoms with Gasteiger partial charge in [-0.15, -0.1) is 5.10 Å². The van der Waals surface area contributed by atoms with Crippen molar-refractivity contribution in [3.8, 4) is 5.75 Å². The van der Waals surface area contributed by atoms with E-state index in [9.17, 15) is 18.4 Å². The zero-order chi connectivity index (χ0) is 22.7. The van der Waals surface area contributed by atoms with Gasteiger partial charge in [-0.1, -0.05) is 30.3 Å². The number of carbonyl (C=O) groups is 2. The summed E-state index contributed by atoms with van der Waals surface area (Å²) in [5.74, 6) is -1.74. The topological polar surface area (TPSA) is 98.1 Å². The Hall–Kier alpha value is -3.82. The molecule has 0 saturated heterocycles. The average Bonchev–Trinajstić information content (AvgIpc) is 3.38. The second-order valence-electron chi connectivity index (χ2n) is 7.31. The third-order valence-corrected chi connectivity index (χ3v) is 5.21. The Morgan fingerprint density at radius 2 is 2.09 bits per heavy atom. The molecule has 8 nitrogen and oxygen atoms in total. The van der Waals surface area contributed by atoms with Gasteiger partial charge < -0.3 is 20.2 Å². The Kier molecular flexibility index (Phi) is 6.11. The highest BCUT2D eigenvalue weighted by molar-refractivity contribution is 5.92. The monoisotopic (exact) mass is 441 g/mol. The maximum atomic E-state index is 13.8. The number of nitrogens with zero attached hydrogens (tertiary/aromatic N) is 3. The lowest BCUT2D eigenvalue weighted by Crippen LogP contribution is -2.40. The standard InChI is InChI=1S/C22H21F2N5O3/c1-25-19-17(24)9-14(23)10-18(19)32-12-15(11-30)26-22(31)20-27-21-16(7-8-29(21)28-20)13-5-3-2-4-6-13/h2-6,9-11,15-16,25H,7-8,12H2,1H3,(H,26,31)/t15-,16?/m1/s1. The number of ether oxygens (including phenoxy) is 1. The summed E-state index contributed by atoms with van der Waals surface area (Å²) in [5.41, 5.74) is 1.04. The number of hydrogen-bond acceptors (Lipinski definition) is 6. The van der Waals surface area contributed by atoms with Gasteiger partial charge in [0, 0.05) is 31.6 Å². The number of fused-ring (bicyclic) bond motifs is 1. The highest BCUT2D eigenvalue weighted by Crippen LogP contribution is 2.32. The molecule has 1 unspecified atom stereocenters. The molecule has 0 fully saturated rings. The Balaban J connectivity index is 1.43. The predicted molar refractivity (Wildman–Crippen MR) is 112 cm³/mol. The number of amides is 1. The molecular weight excluding hydrogens is 420 g/mol. The maximum Gasteiger partial charge on any atom is 0.291 e. The van der Waals surface area contributed by atoms with Gasteiger partial charge in [0.2, 0.25) is 5.82 Å². The van der Waals surface area contributed by atoms with E-state index in [-0.39, 0.29) is 29.8 Å². The molecule has 1 aromatic heterocycles. The Bertz CT molecular complexity index is 1140. The zero-order valence-corrected chi connectivity index (χ0v) is 17.2. The zero-order valence-electron chi connectivity index (χ0n) is 17.2. The largest absolute Gasteiger partial charge is 0.489 e. The number of anilines is 1. The van der Waals surface area contributed by atoms with Gasteiger partial charge in [0.05, 0.1) is 0 Å². The number of hydrogen-bond donors (Lipinski definition) is 2. The van der Waals surface area contributed by atoms with Gasteiger partial charge in [0.1, 0.15) is 42.0 Å². The summed E-state index contributed by atoms with van der Waals surface area (Å²) in [7, 11) is 1.45. The van der Waals surface area contributed by atoms with Crippen LogP contribution >= 0.6 is 0 Å². The lowest BCUT2D eigenvalue weighted by atomic mass is 9.97. The Morgan fingerprint density at radius 1 is 1.31 bits per heavy atom. The van der Waals surface area contributed by atoms with Crippen LogP contribution < -0.4 is 15.4 Å². The Labute approximate surface area is 182 Å². The highest BCUT2D eigenvalue weighted by atomic mass is 19.1. The first kappa shape index (κ1) is 21.4. The molecule has 1 amide bonds. The van der Waals surface area contributed by atoms with Crippen molar-refractivity contribution in [2.45, 2.75) is 24.9 Å². The van der Waals surface area contributed by atoms with Crippen LogP contribution in [0.25, 0.3) is 0 Å². The second-order valence-corrected chi connectivity index (χ2v) is 7.31. The number of aromatic nitrogens is 3. The SMILES string of the molecule is CNc1c(F)cc(F)cc1OC[C@@H](C=O)NC(=O)c1nc2n(n1)CCC2c1ccccc1. The smallest absolute Gasteiger partial charge is 0.291 e. The van der Waals surface area contributed by atoms with E-state index in [1.165, 1.54) is 7.05 Å². The molecule has 2 atom stereocenters. The molecule has 10 heteroatoms. The molecule has 166 valence electrons. The van der Waals surface area contributed by atoms with Crippen molar-refractivity contribution in [1.82, 2.24) is 20.1 Å². The van der Waals surface area contributed by atoms with Crippen LogP contribution in [0.3, 0.4) is 0 Å². The molecule has 0 spiro atoms. The number of aldehydes is 1. The summed E-state index contributed by atoms with van der Waals surface area (Å²) in [5, 5.41) is 9.31. The van der Waals surface area contributed by atoms with Gasteiger partial charge in [-0.3, -0.25) is 4.79 Å². The van der Waals surface area contributed by atoms with E-state index in [0.717, 1.165) is 18.1 Å². The van der Waals surface area contributed by atoms with Crippen molar-refractivity contribution in [2.24, 2.45) is 0 Å². The number of rotatable bonds is 8. The van der Waals surface area contributed by atoms with Crippen LogP contribution in [0.2, 0.25) is 0 Å². The summed E-state index contributed by atoms with van der Waals surface area (Å²) < 4.78 is 34.4. The first-order valence-corrected chi connectivity index (χ1v) is 10.1. The first-order chi connectivity index (χ1) is 15.5. The second kappa shape index (κ2) is 9.13. The Morgan fingerprint density at radius 3 is 2.81 bits per heavy atom. The molecule has 0 bridgehead atoms. The van der Waals surface area contributed by atoms with Gasteiger partial charge in [-0.05, 0) is 12.0 Å². The van der Waals surface area contributed by atoms with E-state index >= 15 is 0 Å². The van der Waals surface area contributed by atoms with Gasteiger partial charge in [0.25, 0.3) is 5.91 Å². The van der Waals surface area contributed by atoms with Gasteiger partial charge in [0.15, 0.2) is 5.82 Å². The van der Waals surface area contributed by atoms with Crippen LogP contribution in [0.1, 0.15) is 34.3 Å². The first-order valence-electron chi connectivity index (χ1n) is 10.1. The van der Waals surface area contributed by atoms with E-state index in [1.54, 1.807) is 4.68 Å². The fourth-order valence-corrected chi connectivity index (χ4v) is 3.69. The number of nitrogens with one attached hydrogen (secondary N) is 2. The normalized spacial score (nSPS) is 15.7. The highest BCUT2D eigenvalue weighted by Gasteiger charge is 2.30. The number of aryl methyl sites for hydroxylation is 1. The van der Waals surface area contributed by atoms with Crippen molar-refractivity contribution in [1.29, 1.82) is 0 Å². The minimum Gasteiger partial charge on any atom is -0.489 e. The molecule has 4 rings (SSSR count).